The Hall–Kier alpha value is -1.95. The summed E-state index contributed by atoms with van der Waals surface area (Å²) in [5, 5.41) is 11.3. The van der Waals surface area contributed by atoms with Gasteiger partial charge in [0.05, 0.1) is 11.6 Å². The highest BCUT2D eigenvalue weighted by atomic mass is 19.1. The zero-order valence-corrected chi connectivity index (χ0v) is 10.8. The van der Waals surface area contributed by atoms with Crippen molar-refractivity contribution in [3.63, 3.8) is 0 Å². The molecule has 0 saturated heterocycles. The summed E-state index contributed by atoms with van der Waals surface area (Å²) in [6.45, 7) is 3.76. The quantitative estimate of drug-likeness (QED) is 0.759. The van der Waals surface area contributed by atoms with Crippen molar-refractivity contribution in [2.24, 2.45) is 11.7 Å². The molecule has 0 saturated carbocycles. The van der Waals surface area contributed by atoms with Gasteiger partial charge in [0, 0.05) is 5.69 Å². The lowest BCUT2D eigenvalue weighted by atomic mass is 9.99. The molecule has 0 aliphatic heterocycles. The third kappa shape index (κ3) is 3.75. The molecule has 104 valence electrons. The van der Waals surface area contributed by atoms with Crippen LogP contribution in [0.2, 0.25) is 0 Å². The van der Waals surface area contributed by atoms with Crippen molar-refractivity contribution >= 4 is 17.6 Å². The molecular weight excluding hydrogens is 251 g/mol. The van der Waals surface area contributed by atoms with E-state index < -0.39 is 29.3 Å². The molecule has 1 rings (SSSR count). The summed E-state index contributed by atoms with van der Waals surface area (Å²) in [6.07, 6.45) is 0.748. The second-order valence-electron chi connectivity index (χ2n) is 4.40. The number of nitrogens with two attached hydrogens (primary N) is 1. The van der Waals surface area contributed by atoms with Crippen LogP contribution in [0.3, 0.4) is 0 Å². The van der Waals surface area contributed by atoms with Gasteiger partial charge in [-0.2, -0.15) is 0 Å². The first-order valence-electron chi connectivity index (χ1n) is 5.96. The third-order valence-electron chi connectivity index (χ3n) is 3.02. The van der Waals surface area contributed by atoms with Crippen molar-refractivity contribution < 1.29 is 19.1 Å². The molecule has 0 aliphatic carbocycles. The maximum atomic E-state index is 13.2. The molecule has 1 amide bonds. The summed E-state index contributed by atoms with van der Waals surface area (Å²) < 4.78 is 13.2. The van der Waals surface area contributed by atoms with Crippen LogP contribution in [0.5, 0.6) is 0 Å². The summed E-state index contributed by atoms with van der Waals surface area (Å²) in [5.74, 6) is -2.66. The van der Waals surface area contributed by atoms with Gasteiger partial charge in [0.25, 0.3) is 0 Å². The Labute approximate surface area is 110 Å². The van der Waals surface area contributed by atoms with E-state index in [-0.39, 0.29) is 11.6 Å². The number of amides is 1. The molecule has 19 heavy (non-hydrogen) atoms. The largest absolute Gasteiger partial charge is 0.478 e. The average molecular weight is 268 g/mol. The first-order chi connectivity index (χ1) is 8.86. The van der Waals surface area contributed by atoms with Crippen molar-refractivity contribution in [1.82, 2.24) is 0 Å². The highest BCUT2D eigenvalue weighted by Crippen LogP contribution is 2.16. The highest BCUT2D eigenvalue weighted by Gasteiger charge is 2.20. The van der Waals surface area contributed by atoms with E-state index in [1.54, 1.807) is 0 Å². The van der Waals surface area contributed by atoms with E-state index in [0.717, 1.165) is 18.6 Å². The standard InChI is InChI=1S/C13H17FN2O3/c1-3-7(2)11(15)12(17)16-8-4-5-10(14)9(6-8)13(18)19/h4-7,11H,3,15H2,1-2H3,(H,16,17)(H,18,19). The van der Waals surface area contributed by atoms with Gasteiger partial charge in [-0.1, -0.05) is 20.3 Å². The number of carbonyl (C=O) groups excluding carboxylic acids is 1. The number of nitrogens with one attached hydrogen (secondary N) is 1. The van der Waals surface area contributed by atoms with Crippen LogP contribution < -0.4 is 11.1 Å². The molecule has 0 spiro atoms. The number of rotatable bonds is 5. The van der Waals surface area contributed by atoms with Crippen molar-refractivity contribution in [1.29, 1.82) is 0 Å². The van der Waals surface area contributed by atoms with Crippen LogP contribution in [0.4, 0.5) is 10.1 Å². The monoisotopic (exact) mass is 268 g/mol. The summed E-state index contributed by atoms with van der Waals surface area (Å²) >= 11 is 0. The van der Waals surface area contributed by atoms with Crippen LogP contribution in [0.25, 0.3) is 0 Å². The smallest absolute Gasteiger partial charge is 0.338 e. The summed E-state index contributed by atoms with van der Waals surface area (Å²) in [4.78, 5) is 22.6. The molecule has 0 aliphatic rings. The summed E-state index contributed by atoms with van der Waals surface area (Å²) in [5.41, 5.74) is 5.46. The van der Waals surface area contributed by atoms with Gasteiger partial charge in [-0.25, -0.2) is 9.18 Å². The SMILES string of the molecule is CCC(C)C(N)C(=O)Nc1ccc(F)c(C(=O)O)c1. The van der Waals surface area contributed by atoms with E-state index >= 15 is 0 Å². The predicted octanol–water partition coefficient (Wildman–Crippen LogP) is 1.84. The number of carboxylic acid groups (broad SMARTS) is 1. The minimum Gasteiger partial charge on any atom is -0.478 e. The van der Waals surface area contributed by atoms with E-state index in [0.29, 0.717) is 0 Å². The molecular formula is C13H17FN2O3. The Morgan fingerprint density at radius 1 is 1.47 bits per heavy atom. The second-order valence-corrected chi connectivity index (χ2v) is 4.40. The van der Waals surface area contributed by atoms with Crippen LogP contribution >= 0.6 is 0 Å². The number of carbonyl (C=O) groups is 2. The van der Waals surface area contributed by atoms with Crippen LogP contribution in [0.1, 0.15) is 30.6 Å². The molecule has 1 aromatic carbocycles. The van der Waals surface area contributed by atoms with E-state index in [9.17, 15) is 14.0 Å². The molecule has 0 radical (unpaired) electrons. The van der Waals surface area contributed by atoms with Crippen LogP contribution in [0.15, 0.2) is 18.2 Å². The van der Waals surface area contributed by atoms with Gasteiger partial charge >= 0.3 is 5.97 Å². The molecule has 2 unspecified atom stereocenters. The topological polar surface area (TPSA) is 92.4 Å². The van der Waals surface area contributed by atoms with Gasteiger partial charge in [0.1, 0.15) is 5.82 Å². The Balaban J connectivity index is 2.86. The number of anilines is 1. The molecule has 6 heteroatoms. The fourth-order valence-corrected chi connectivity index (χ4v) is 1.50. The van der Waals surface area contributed by atoms with Crippen molar-refractivity contribution in [3.8, 4) is 0 Å². The zero-order valence-electron chi connectivity index (χ0n) is 10.8. The number of hydrogen-bond donors (Lipinski definition) is 3. The van der Waals surface area contributed by atoms with Crippen molar-refractivity contribution in [2.75, 3.05) is 5.32 Å². The fraction of sp³-hybridized carbons (Fsp3) is 0.385. The number of carboxylic acids is 1. The number of hydrogen-bond acceptors (Lipinski definition) is 3. The predicted molar refractivity (Wildman–Crippen MR) is 69.4 cm³/mol. The zero-order chi connectivity index (χ0) is 14.6. The average Bonchev–Trinajstić information content (AvgIpc) is 2.38. The minimum atomic E-state index is -1.39. The molecule has 2 atom stereocenters. The maximum Gasteiger partial charge on any atom is 0.338 e. The number of aromatic carboxylic acids is 1. The fourth-order valence-electron chi connectivity index (χ4n) is 1.50. The van der Waals surface area contributed by atoms with Crippen LogP contribution in [0, 0.1) is 11.7 Å². The van der Waals surface area contributed by atoms with Crippen molar-refractivity contribution in [2.45, 2.75) is 26.3 Å². The Morgan fingerprint density at radius 2 is 2.11 bits per heavy atom. The Kier molecular flexibility index (Phi) is 5.00. The van der Waals surface area contributed by atoms with E-state index in [4.69, 9.17) is 10.8 Å². The molecule has 4 N–H and O–H groups in total. The normalized spacial score (nSPS) is 13.7. The maximum absolute atomic E-state index is 13.2. The van der Waals surface area contributed by atoms with Crippen LogP contribution in [-0.4, -0.2) is 23.0 Å². The van der Waals surface area contributed by atoms with E-state index in [2.05, 4.69) is 5.32 Å². The van der Waals surface area contributed by atoms with Crippen molar-refractivity contribution in [3.05, 3.63) is 29.6 Å². The van der Waals surface area contributed by atoms with Gasteiger partial charge in [-0.3, -0.25) is 4.79 Å². The van der Waals surface area contributed by atoms with Gasteiger partial charge in [-0.15, -0.1) is 0 Å². The molecule has 0 aromatic heterocycles. The Morgan fingerprint density at radius 3 is 2.63 bits per heavy atom. The van der Waals surface area contributed by atoms with Crippen LogP contribution in [-0.2, 0) is 4.79 Å². The second kappa shape index (κ2) is 6.29. The number of benzene rings is 1. The molecule has 0 bridgehead atoms. The summed E-state index contributed by atoms with van der Waals surface area (Å²) in [7, 11) is 0. The minimum absolute atomic E-state index is 0.000562. The van der Waals surface area contributed by atoms with Gasteiger partial charge < -0.3 is 16.2 Å². The third-order valence-corrected chi connectivity index (χ3v) is 3.02. The summed E-state index contributed by atoms with van der Waals surface area (Å²) in [6, 6.07) is 2.67. The lowest BCUT2D eigenvalue weighted by Crippen LogP contribution is -2.40. The van der Waals surface area contributed by atoms with Gasteiger partial charge in [0.2, 0.25) is 5.91 Å². The highest BCUT2D eigenvalue weighted by molar-refractivity contribution is 5.96. The molecule has 1 aromatic rings. The van der Waals surface area contributed by atoms with E-state index in [1.165, 1.54) is 6.07 Å². The first-order valence-corrected chi connectivity index (χ1v) is 5.96. The first kappa shape index (κ1) is 15.1. The van der Waals surface area contributed by atoms with E-state index in [1.807, 2.05) is 13.8 Å². The lowest BCUT2D eigenvalue weighted by Gasteiger charge is -2.17. The molecule has 0 heterocycles. The molecule has 0 fully saturated rings. The molecule has 5 nitrogen and oxygen atoms in total. The van der Waals surface area contributed by atoms with Gasteiger partial charge in [-0.05, 0) is 24.1 Å². The van der Waals surface area contributed by atoms with Gasteiger partial charge in [0.15, 0.2) is 0 Å². The Bertz CT molecular complexity index is 491. The number of halogens is 1. The lowest BCUT2D eigenvalue weighted by molar-refractivity contribution is -0.118.